The lowest BCUT2D eigenvalue weighted by atomic mass is 9.83. The van der Waals surface area contributed by atoms with Gasteiger partial charge in [-0.1, -0.05) is 133 Å². The Morgan fingerprint density at radius 1 is 0.358 bits per heavy atom. The molecule has 0 saturated heterocycles. The molecule has 0 aliphatic heterocycles. The van der Waals surface area contributed by atoms with Crippen LogP contribution in [0.1, 0.15) is 0 Å². The Bertz CT molecular complexity index is 3390. The minimum atomic E-state index is 0.885. The van der Waals surface area contributed by atoms with E-state index in [4.69, 9.17) is 8.83 Å². The first-order valence-corrected chi connectivity index (χ1v) is 18.8. The molecule has 0 aliphatic carbocycles. The largest absolute Gasteiger partial charge is 0.456 e. The Morgan fingerprint density at radius 3 is 1.74 bits per heavy atom. The van der Waals surface area contributed by atoms with Gasteiger partial charge in [0.15, 0.2) is 0 Å². The molecule has 53 heavy (non-hydrogen) atoms. The summed E-state index contributed by atoms with van der Waals surface area (Å²) < 4.78 is 15.7. The second-order valence-electron chi connectivity index (χ2n) is 13.9. The van der Waals surface area contributed by atoms with Gasteiger partial charge in [0.05, 0.1) is 0 Å². The third kappa shape index (κ3) is 4.14. The molecular weight excluding hydrogens is 665 g/mol. The van der Waals surface area contributed by atoms with Crippen molar-refractivity contribution in [2.45, 2.75) is 0 Å². The molecular formula is C50H28O2S. The van der Waals surface area contributed by atoms with Crippen LogP contribution in [-0.4, -0.2) is 0 Å². The van der Waals surface area contributed by atoms with E-state index in [2.05, 4.69) is 158 Å². The number of hydrogen-bond acceptors (Lipinski definition) is 3. The summed E-state index contributed by atoms with van der Waals surface area (Å²) in [6.07, 6.45) is 0. The Balaban J connectivity index is 1.21. The molecule has 0 saturated carbocycles. The van der Waals surface area contributed by atoms with Gasteiger partial charge in [-0.2, -0.15) is 0 Å². The highest BCUT2D eigenvalue weighted by molar-refractivity contribution is 7.26. The van der Waals surface area contributed by atoms with Gasteiger partial charge in [0, 0.05) is 41.9 Å². The molecule has 0 bridgehead atoms. The van der Waals surface area contributed by atoms with Crippen LogP contribution in [0.15, 0.2) is 179 Å². The first-order chi connectivity index (χ1) is 26.3. The second kappa shape index (κ2) is 10.9. The highest BCUT2D eigenvalue weighted by Gasteiger charge is 2.23. The minimum absolute atomic E-state index is 0.885. The maximum atomic E-state index is 6.74. The Hall–Kier alpha value is -6.68. The number of fused-ring (bicyclic) bond motifs is 11. The molecule has 0 radical (unpaired) electrons. The molecule has 9 aromatic carbocycles. The molecule has 2 nitrogen and oxygen atoms in total. The van der Waals surface area contributed by atoms with Gasteiger partial charge in [-0.15, -0.1) is 11.3 Å². The van der Waals surface area contributed by atoms with E-state index in [0.29, 0.717) is 0 Å². The molecule has 0 spiro atoms. The minimum Gasteiger partial charge on any atom is -0.456 e. The zero-order valence-electron chi connectivity index (χ0n) is 28.4. The summed E-state index contributed by atoms with van der Waals surface area (Å²) in [5.41, 5.74) is 8.66. The van der Waals surface area contributed by atoms with E-state index >= 15 is 0 Å². The number of benzene rings is 9. The van der Waals surface area contributed by atoms with Crippen LogP contribution >= 0.6 is 11.3 Å². The molecule has 12 aromatic rings. The van der Waals surface area contributed by atoms with Gasteiger partial charge in [-0.3, -0.25) is 0 Å². The van der Waals surface area contributed by atoms with Crippen molar-refractivity contribution in [1.82, 2.24) is 0 Å². The highest BCUT2D eigenvalue weighted by atomic mass is 32.1. The van der Waals surface area contributed by atoms with Crippen molar-refractivity contribution in [1.29, 1.82) is 0 Å². The number of para-hydroxylation sites is 1. The fourth-order valence-electron chi connectivity index (χ4n) is 8.76. The fraction of sp³-hybridized carbons (Fsp3) is 0. The average Bonchev–Trinajstić information content (AvgIpc) is 3.93. The lowest BCUT2D eigenvalue weighted by Gasteiger charge is -2.19. The van der Waals surface area contributed by atoms with Crippen LogP contribution in [0.4, 0.5) is 0 Å². The van der Waals surface area contributed by atoms with Crippen molar-refractivity contribution in [3.8, 4) is 33.6 Å². The number of hydrogen-bond donors (Lipinski definition) is 0. The molecule has 246 valence electrons. The number of furan rings is 2. The van der Waals surface area contributed by atoms with E-state index in [1.165, 1.54) is 74.7 Å². The number of rotatable bonds is 3. The molecule has 0 fully saturated rings. The van der Waals surface area contributed by atoms with Crippen LogP contribution in [-0.2, 0) is 0 Å². The Kier molecular flexibility index (Phi) is 5.96. The van der Waals surface area contributed by atoms with E-state index in [1.54, 1.807) is 0 Å². The van der Waals surface area contributed by atoms with E-state index in [9.17, 15) is 0 Å². The lowest BCUT2D eigenvalue weighted by Crippen LogP contribution is -1.92. The van der Waals surface area contributed by atoms with Gasteiger partial charge in [-0.25, -0.2) is 0 Å². The maximum absolute atomic E-state index is 6.74. The first kappa shape index (κ1) is 29.0. The smallest absolute Gasteiger partial charge is 0.136 e. The summed E-state index contributed by atoms with van der Waals surface area (Å²) in [6, 6.07) is 61.2. The van der Waals surface area contributed by atoms with E-state index < -0.39 is 0 Å². The molecule has 0 amide bonds. The van der Waals surface area contributed by atoms with Crippen molar-refractivity contribution in [2.24, 2.45) is 0 Å². The summed E-state index contributed by atoms with van der Waals surface area (Å²) in [7, 11) is 0. The molecule has 12 rings (SSSR count). The third-order valence-corrected chi connectivity index (χ3v) is 12.3. The van der Waals surface area contributed by atoms with Gasteiger partial charge in [0.1, 0.15) is 22.5 Å². The molecule has 0 atom stereocenters. The van der Waals surface area contributed by atoms with Crippen molar-refractivity contribution in [3.05, 3.63) is 170 Å². The fourth-order valence-corrected chi connectivity index (χ4v) is 10.00. The summed E-state index contributed by atoms with van der Waals surface area (Å²) in [4.78, 5) is 0. The topological polar surface area (TPSA) is 26.3 Å². The van der Waals surface area contributed by atoms with Crippen molar-refractivity contribution in [2.75, 3.05) is 0 Å². The zero-order chi connectivity index (χ0) is 34.6. The standard InChI is InChI=1S/C50H28O2S/c1-2-13-29(14-3-1)43-27-40-45(52-43)28-41(49-37-21-9-11-24-46(37)53-50(40)49)48-34-19-6-4-17-32(34)47(33-18-5-7-20-35(33)48)36-22-12-15-30-25-39-31-16-8-10-23-42(31)51-44(39)26-38(30)36/h1-28H. The molecule has 0 unspecified atom stereocenters. The van der Waals surface area contributed by atoms with Gasteiger partial charge in [0.2, 0.25) is 0 Å². The Labute approximate surface area is 307 Å². The molecule has 3 heteroatoms. The maximum Gasteiger partial charge on any atom is 0.136 e. The normalized spacial score (nSPS) is 12.2. The molecule has 0 aliphatic rings. The van der Waals surface area contributed by atoms with Gasteiger partial charge in [-0.05, 0) is 91.0 Å². The lowest BCUT2D eigenvalue weighted by molar-refractivity contribution is 0.632. The van der Waals surface area contributed by atoms with E-state index in [1.807, 2.05) is 23.5 Å². The molecule has 3 heterocycles. The molecule has 3 aromatic heterocycles. The van der Waals surface area contributed by atoms with Crippen LogP contribution in [0.25, 0.3) is 119 Å². The van der Waals surface area contributed by atoms with E-state index in [0.717, 1.165) is 44.2 Å². The van der Waals surface area contributed by atoms with Crippen LogP contribution < -0.4 is 0 Å². The van der Waals surface area contributed by atoms with Crippen LogP contribution in [0.3, 0.4) is 0 Å². The summed E-state index contributed by atoms with van der Waals surface area (Å²) in [5.74, 6) is 0.885. The second-order valence-corrected chi connectivity index (χ2v) is 15.0. The number of thiophene rings is 1. The predicted molar refractivity (Wildman–Crippen MR) is 225 cm³/mol. The highest BCUT2D eigenvalue weighted by Crippen LogP contribution is 2.51. The quantitative estimate of drug-likeness (QED) is 0.172. The van der Waals surface area contributed by atoms with Gasteiger partial charge < -0.3 is 8.83 Å². The monoisotopic (exact) mass is 692 g/mol. The average molecular weight is 693 g/mol. The summed E-state index contributed by atoms with van der Waals surface area (Å²) >= 11 is 1.85. The molecule has 0 N–H and O–H groups in total. The van der Waals surface area contributed by atoms with Crippen LogP contribution in [0.5, 0.6) is 0 Å². The van der Waals surface area contributed by atoms with Gasteiger partial charge in [0.25, 0.3) is 0 Å². The zero-order valence-corrected chi connectivity index (χ0v) is 29.2. The Morgan fingerprint density at radius 2 is 0.981 bits per heavy atom. The van der Waals surface area contributed by atoms with E-state index in [-0.39, 0.29) is 0 Å². The van der Waals surface area contributed by atoms with Gasteiger partial charge >= 0.3 is 0 Å². The summed E-state index contributed by atoms with van der Waals surface area (Å²) in [5, 5.41) is 13.2. The predicted octanol–water partition coefficient (Wildman–Crippen LogP) is 15.2. The van der Waals surface area contributed by atoms with Crippen LogP contribution in [0.2, 0.25) is 0 Å². The summed E-state index contributed by atoms with van der Waals surface area (Å²) in [6.45, 7) is 0. The van der Waals surface area contributed by atoms with Crippen molar-refractivity contribution < 1.29 is 8.83 Å². The SMILES string of the molecule is c1ccc(-c2cc3c(cc(-c4c5ccccc5c(-c5cccc6cc7c(cc56)oc5ccccc57)c5ccccc45)c4c5ccccc5sc34)o2)cc1. The first-order valence-electron chi connectivity index (χ1n) is 18.0. The third-order valence-electron chi connectivity index (χ3n) is 11.1. The van der Waals surface area contributed by atoms with Crippen molar-refractivity contribution in [3.63, 3.8) is 0 Å². The van der Waals surface area contributed by atoms with Crippen LogP contribution in [0, 0.1) is 0 Å². The van der Waals surface area contributed by atoms with Crippen molar-refractivity contribution >= 4 is 96.7 Å².